The molecule has 3 nitrogen and oxygen atoms in total. The summed E-state index contributed by atoms with van der Waals surface area (Å²) in [6, 6.07) is 1.06. The predicted octanol–water partition coefficient (Wildman–Crippen LogP) is 0.693. The third kappa shape index (κ3) is 1.41. The van der Waals surface area contributed by atoms with Gasteiger partial charge in [-0.3, -0.25) is 0 Å². The quantitative estimate of drug-likeness (QED) is 0.481. The first-order valence-electron chi connectivity index (χ1n) is 3.32. The van der Waals surface area contributed by atoms with Crippen molar-refractivity contribution in [3.8, 4) is 0 Å². The van der Waals surface area contributed by atoms with Gasteiger partial charge in [-0.25, -0.2) is 22.8 Å². The van der Waals surface area contributed by atoms with Gasteiger partial charge in [0.2, 0.25) is 0 Å². The van der Waals surface area contributed by atoms with E-state index < -0.39 is 30.0 Å². The zero-order chi connectivity index (χ0) is 9.42. The van der Waals surface area contributed by atoms with Crippen LogP contribution in [0.5, 0.6) is 0 Å². The van der Waals surface area contributed by atoms with Gasteiger partial charge in [-0.15, -0.1) is 0 Å². The minimum absolute atomic E-state index is 0.507. The Kier molecular flexibility index (Phi) is 1.99. The molecule has 0 atom stereocenters. The zero-order valence-electron chi connectivity index (χ0n) is 6.09. The molecule has 0 aromatic heterocycles. The summed E-state index contributed by atoms with van der Waals surface area (Å²) in [5.74, 6) is -3.16. The fourth-order valence-electron chi connectivity index (χ4n) is 0.953. The molecule has 68 valence electrons. The third-order valence-electron chi connectivity index (χ3n) is 1.53. The van der Waals surface area contributed by atoms with Crippen molar-refractivity contribution in [1.29, 1.82) is 0 Å². The van der Waals surface area contributed by atoms with Crippen molar-refractivity contribution in [2.24, 2.45) is 0 Å². The lowest BCUT2D eigenvalue weighted by Crippen LogP contribution is -2.48. The van der Waals surface area contributed by atoms with Gasteiger partial charge in [-0.05, 0) is 0 Å². The third-order valence-corrected chi connectivity index (χ3v) is 1.53. The van der Waals surface area contributed by atoms with E-state index in [1.165, 1.54) is 0 Å². The molecule has 1 saturated heterocycles. The first kappa shape index (κ1) is 8.55. The number of hydrogen-bond donors (Lipinski definition) is 0. The molecule has 0 spiro atoms. The summed E-state index contributed by atoms with van der Waals surface area (Å²) >= 11 is 0. The molecule has 1 aromatic rings. The Labute approximate surface area is 71.0 Å². The van der Waals surface area contributed by atoms with Gasteiger partial charge in [0, 0.05) is 12.1 Å². The molecule has 1 heterocycles. The van der Waals surface area contributed by atoms with Gasteiger partial charge in [0.1, 0.15) is 17.5 Å². The van der Waals surface area contributed by atoms with Crippen LogP contribution < -0.4 is 5.46 Å². The number of halogens is 3. The van der Waals surface area contributed by atoms with E-state index in [4.69, 9.17) is 0 Å². The van der Waals surface area contributed by atoms with Crippen LogP contribution in [0.2, 0.25) is 0 Å². The second-order valence-electron chi connectivity index (χ2n) is 2.38. The molecule has 0 N–H and O–H groups in total. The molecule has 0 aliphatic carbocycles. The van der Waals surface area contributed by atoms with Gasteiger partial charge in [-0.1, -0.05) is 5.04 Å². The van der Waals surface area contributed by atoms with Crippen LogP contribution in [0.1, 0.15) is 0 Å². The zero-order valence-corrected chi connectivity index (χ0v) is 6.09. The Morgan fingerprint density at radius 2 is 1.54 bits per heavy atom. The van der Waals surface area contributed by atoms with Gasteiger partial charge < -0.3 is 0 Å². The van der Waals surface area contributed by atoms with E-state index in [1.54, 1.807) is 0 Å². The van der Waals surface area contributed by atoms with Gasteiger partial charge >= 0.3 is 7.12 Å². The summed E-state index contributed by atoms with van der Waals surface area (Å²) < 4.78 is 38.2. The number of rotatable bonds is 1. The van der Waals surface area contributed by atoms with Crippen LogP contribution in [0.25, 0.3) is 0 Å². The van der Waals surface area contributed by atoms with E-state index in [0.717, 1.165) is 0 Å². The maximum Gasteiger partial charge on any atom is 0.568 e. The maximum absolute atomic E-state index is 12.9. The standard InChI is InChI=1S/C6H2BF3O3/c8-3-1-4(9)6(5(10)2-3)7-11-13-12-7/h1-2H. The molecule has 1 aliphatic rings. The number of hydrogen-bond acceptors (Lipinski definition) is 3. The van der Waals surface area contributed by atoms with Crippen LogP contribution in [-0.2, 0) is 14.6 Å². The van der Waals surface area contributed by atoms with Crippen LogP contribution in [0.15, 0.2) is 12.1 Å². The SMILES string of the molecule is Fc1cc(F)c(B2OOO2)c(F)c1. The van der Waals surface area contributed by atoms with Gasteiger partial charge in [0.25, 0.3) is 0 Å². The molecule has 7 heteroatoms. The van der Waals surface area contributed by atoms with Crippen molar-refractivity contribution in [3.63, 3.8) is 0 Å². The highest BCUT2D eigenvalue weighted by atomic mass is 19.1. The van der Waals surface area contributed by atoms with Crippen LogP contribution in [0.4, 0.5) is 13.2 Å². The van der Waals surface area contributed by atoms with E-state index in [1.807, 2.05) is 0 Å². The van der Waals surface area contributed by atoms with Crippen molar-refractivity contribution in [3.05, 3.63) is 29.6 Å². The Morgan fingerprint density at radius 3 is 1.92 bits per heavy atom. The molecule has 0 radical (unpaired) electrons. The Morgan fingerprint density at radius 1 is 1.00 bits per heavy atom. The van der Waals surface area contributed by atoms with Gasteiger partial charge in [0.15, 0.2) is 0 Å². The number of benzene rings is 1. The molecule has 0 amide bonds. The molecule has 13 heavy (non-hydrogen) atoms. The predicted molar refractivity (Wildman–Crippen MR) is 35.0 cm³/mol. The molecule has 1 aromatic carbocycles. The minimum Gasteiger partial charge on any atom is -0.227 e. The van der Waals surface area contributed by atoms with Crippen molar-refractivity contribution >= 4 is 12.6 Å². The first-order chi connectivity index (χ1) is 6.18. The Bertz CT molecular complexity index is 319. The average molecular weight is 190 g/mol. The van der Waals surface area contributed by atoms with Crippen LogP contribution in [0, 0.1) is 17.5 Å². The van der Waals surface area contributed by atoms with Crippen molar-refractivity contribution in [2.75, 3.05) is 0 Å². The van der Waals surface area contributed by atoms with Gasteiger partial charge in [-0.2, -0.15) is 0 Å². The lowest BCUT2D eigenvalue weighted by Gasteiger charge is -2.19. The second kappa shape index (κ2) is 3.02. The van der Waals surface area contributed by atoms with E-state index in [2.05, 4.69) is 14.6 Å². The normalized spacial score (nSPS) is 15.8. The molecule has 0 saturated carbocycles. The van der Waals surface area contributed by atoms with Crippen molar-refractivity contribution < 1.29 is 27.8 Å². The monoisotopic (exact) mass is 190 g/mol. The van der Waals surface area contributed by atoms with Crippen LogP contribution >= 0.6 is 0 Å². The summed E-state index contributed by atoms with van der Waals surface area (Å²) in [7, 11) is -1.26. The molecule has 0 bridgehead atoms. The van der Waals surface area contributed by atoms with Crippen molar-refractivity contribution in [1.82, 2.24) is 0 Å². The summed E-state index contributed by atoms with van der Waals surface area (Å²) in [6.07, 6.45) is 0. The van der Waals surface area contributed by atoms with E-state index in [9.17, 15) is 13.2 Å². The van der Waals surface area contributed by atoms with E-state index in [-0.39, 0.29) is 0 Å². The van der Waals surface area contributed by atoms with Crippen LogP contribution in [0.3, 0.4) is 0 Å². The summed E-state index contributed by atoms with van der Waals surface area (Å²) in [6.45, 7) is 0. The molecular weight excluding hydrogens is 188 g/mol. The molecule has 2 rings (SSSR count). The molecule has 1 fully saturated rings. The second-order valence-corrected chi connectivity index (χ2v) is 2.38. The molecule has 0 unspecified atom stereocenters. The lowest BCUT2D eigenvalue weighted by molar-refractivity contribution is -0.504. The van der Waals surface area contributed by atoms with Gasteiger partial charge in [0.05, 0.1) is 5.46 Å². The topological polar surface area (TPSA) is 27.7 Å². The fraction of sp³-hybridized carbons (Fsp3) is 0. The highest BCUT2D eigenvalue weighted by Crippen LogP contribution is 2.11. The first-order valence-corrected chi connectivity index (χ1v) is 3.32. The van der Waals surface area contributed by atoms with E-state index >= 15 is 0 Å². The Balaban J connectivity index is 2.43. The summed E-state index contributed by atoms with van der Waals surface area (Å²) in [5, 5.41) is 3.80. The maximum atomic E-state index is 12.9. The average Bonchev–Trinajstić information content (AvgIpc) is 1.92. The lowest BCUT2D eigenvalue weighted by atomic mass is 9.78. The summed E-state index contributed by atoms with van der Waals surface area (Å²) in [4.78, 5) is 8.39. The molecular formula is C6H2BF3O3. The largest absolute Gasteiger partial charge is 0.568 e. The fourth-order valence-corrected chi connectivity index (χ4v) is 0.953. The summed E-state index contributed by atoms with van der Waals surface area (Å²) in [5.41, 5.74) is -0.507. The molecule has 1 aliphatic heterocycles. The van der Waals surface area contributed by atoms with E-state index in [0.29, 0.717) is 12.1 Å². The highest BCUT2D eigenvalue weighted by Gasteiger charge is 2.39. The minimum atomic E-state index is -1.26. The van der Waals surface area contributed by atoms with Crippen LogP contribution in [-0.4, -0.2) is 7.12 Å². The smallest absolute Gasteiger partial charge is 0.227 e. The Hall–Kier alpha value is -1.05. The highest BCUT2D eigenvalue weighted by molar-refractivity contribution is 6.61. The van der Waals surface area contributed by atoms with Crippen molar-refractivity contribution in [2.45, 2.75) is 0 Å².